The van der Waals surface area contributed by atoms with Crippen LogP contribution in [-0.2, 0) is 4.57 Å². The van der Waals surface area contributed by atoms with Crippen LogP contribution in [-0.4, -0.2) is 15.8 Å². The molecule has 3 nitrogen and oxygen atoms in total. The van der Waals surface area contributed by atoms with Crippen molar-refractivity contribution >= 4 is 8.03 Å². The first-order chi connectivity index (χ1) is 3.18. The van der Waals surface area contributed by atoms with Crippen molar-refractivity contribution in [3.63, 3.8) is 0 Å². The highest BCUT2D eigenvalue weighted by molar-refractivity contribution is 7.38. The molecule has 2 unspecified atom stereocenters. The average molecular weight is 121 g/mol. The molecule has 0 spiro atoms. The third-order valence-corrected chi connectivity index (χ3v) is 1.10. The van der Waals surface area contributed by atoms with Crippen LogP contribution in [0.4, 0.5) is 0 Å². The van der Waals surface area contributed by atoms with Gasteiger partial charge in [0, 0.05) is 0 Å². The summed E-state index contributed by atoms with van der Waals surface area (Å²) in [5, 5.41) is 8.28. The van der Waals surface area contributed by atoms with Gasteiger partial charge < -0.3 is 5.11 Å². The molecule has 0 aromatic rings. The lowest BCUT2D eigenvalue weighted by Gasteiger charge is -1.78. The first-order valence-electron chi connectivity index (χ1n) is 1.64. The normalized spacial score (nSPS) is 15.4. The standard InChI is InChI=1S/C3H5O3P/c1-2-3(4)7(5)6/h2-4H,1H2/p+1. The predicted molar refractivity (Wildman–Crippen MR) is 26.0 cm³/mol. The zero-order valence-corrected chi connectivity index (χ0v) is 4.51. The van der Waals surface area contributed by atoms with Crippen molar-refractivity contribution in [2.45, 2.75) is 5.85 Å². The minimum atomic E-state index is -2.47. The molecule has 0 fully saturated rings. The molecular weight excluding hydrogens is 115 g/mol. The van der Waals surface area contributed by atoms with Crippen LogP contribution in [0.15, 0.2) is 12.7 Å². The molecule has 0 rings (SSSR count). The van der Waals surface area contributed by atoms with Crippen molar-refractivity contribution in [2.75, 3.05) is 0 Å². The summed E-state index contributed by atoms with van der Waals surface area (Å²) in [7, 11) is -2.47. The Bertz CT molecular complexity index is 90.2. The summed E-state index contributed by atoms with van der Waals surface area (Å²) in [6, 6.07) is 0. The van der Waals surface area contributed by atoms with E-state index < -0.39 is 13.9 Å². The molecule has 0 heterocycles. The van der Waals surface area contributed by atoms with Crippen LogP contribution < -0.4 is 0 Å². The fraction of sp³-hybridized carbons (Fsp3) is 0.333. The summed E-state index contributed by atoms with van der Waals surface area (Å²) >= 11 is 0. The fourth-order valence-electron chi connectivity index (χ4n) is 0.0902. The number of hydrogen-bond acceptors (Lipinski definition) is 2. The topological polar surface area (TPSA) is 57.5 Å². The molecule has 0 aliphatic rings. The number of aliphatic hydroxyl groups excluding tert-OH is 1. The summed E-state index contributed by atoms with van der Waals surface area (Å²) in [4.78, 5) is 8.01. The molecule has 7 heavy (non-hydrogen) atoms. The van der Waals surface area contributed by atoms with Gasteiger partial charge in [0.05, 0.1) is 0 Å². The van der Waals surface area contributed by atoms with Gasteiger partial charge in [-0.2, -0.15) is 4.89 Å². The van der Waals surface area contributed by atoms with Gasteiger partial charge in [0.2, 0.25) is 0 Å². The smallest absolute Gasteiger partial charge is 0.345 e. The monoisotopic (exact) mass is 121 g/mol. The summed E-state index contributed by atoms with van der Waals surface area (Å²) in [6.45, 7) is 3.09. The molecule has 0 aliphatic carbocycles. The molecule has 4 heteroatoms. The van der Waals surface area contributed by atoms with E-state index in [2.05, 4.69) is 6.58 Å². The van der Waals surface area contributed by atoms with E-state index in [1.54, 1.807) is 0 Å². The van der Waals surface area contributed by atoms with Crippen molar-refractivity contribution < 1.29 is 14.6 Å². The Balaban J connectivity index is 3.55. The average Bonchev–Trinajstić information content (AvgIpc) is 1.65. The van der Waals surface area contributed by atoms with E-state index in [9.17, 15) is 4.57 Å². The van der Waals surface area contributed by atoms with Gasteiger partial charge in [0.25, 0.3) is 0 Å². The van der Waals surface area contributed by atoms with E-state index in [1.807, 2.05) is 0 Å². The van der Waals surface area contributed by atoms with Gasteiger partial charge in [-0.3, -0.25) is 0 Å². The highest BCUT2D eigenvalue weighted by Gasteiger charge is 2.20. The zero-order valence-electron chi connectivity index (χ0n) is 3.61. The quantitative estimate of drug-likeness (QED) is 0.406. The van der Waals surface area contributed by atoms with Crippen LogP contribution in [0.2, 0.25) is 0 Å². The highest BCUT2D eigenvalue weighted by Crippen LogP contribution is 2.19. The maximum Gasteiger partial charge on any atom is 0.542 e. The Morgan fingerprint density at radius 1 is 1.86 bits per heavy atom. The van der Waals surface area contributed by atoms with Gasteiger partial charge >= 0.3 is 13.9 Å². The largest absolute Gasteiger partial charge is 0.542 e. The minimum Gasteiger partial charge on any atom is -0.345 e. The summed E-state index contributed by atoms with van der Waals surface area (Å²) < 4.78 is 9.76. The van der Waals surface area contributed by atoms with Gasteiger partial charge in [0.1, 0.15) is 0 Å². The second kappa shape index (κ2) is 2.86. The van der Waals surface area contributed by atoms with Crippen molar-refractivity contribution in [3.05, 3.63) is 12.7 Å². The Morgan fingerprint density at radius 3 is 2.29 bits per heavy atom. The Morgan fingerprint density at radius 2 is 2.29 bits per heavy atom. The SMILES string of the molecule is C=CC(O)[P+](=O)O. The molecule has 0 amide bonds. The molecule has 0 saturated heterocycles. The third kappa shape index (κ3) is 2.45. The first kappa shape index (κ1) is 6.76. The molecular formula is C3H6O3P+. The lowest BCUT2D eigenvalue weighted by molar-refractivity contribution is 0.282. The van der Waals surface area contributed by atoms with Crippen LogP contribution in [0, 0.1) is 0 Å². The number of hydrogen-bond donors (Lipinski definition) is 2. The Kier molecular flexibility index (Phi) is 2.76. The maximum absolute atomic E-state index is 9.76. The summed E-state index contributed by atoms with van der Waals surface area (Å²) in [5.74, 6) is -1.27. The lowest BCUT2D eigenvalue weighted by atomic mass is 10.7. The van der Waals surface area contributed by atoms with Crippen molar-refractivity contribution in [2.24, 2.45) is 0 Å². The molecule has 0 bridgehead atoms. The number of aliphatic hydroxyl groups is 1. The van der Waals surface area contributed by atoms with Gasteiger partial charge in [-0.1, -0.05) is 6.58 Å². The van der Waals surface area contributed by atoms with Crippen molar-refractivity contribution in [1.82, 2.24) is 0 Å². The number of rotatable bonds is 2. The van der Waals surface area contributed by atoms with Crippen molar-refractivity contribution in [1.29, 1.82) is 0 Å². The Hall–Kier alpha value is -0.240. The fourth-order valence-corrected chi connectivity index (χ4v) is 0.271. The molecule has 0 aromatic carbocycles. The molecule has 0 radical (unpaired) electrons. The molecule has 0 aliphatic heterocycles. The van der Waals surface area contributed by atoms with Crippen LogP contribution in [0.3, 0.4) is 0 Å². The Labute approximate surface area is 42.2 Å². The van der Waals surface area contributed by atoms with Gasteiger partial charge in [-0.05, 0) is 10.6 Å². The van der Waals surface area contributed by atoms with E-state index >= 15 is 0 Å². The van der Waals surface area contributed by atoms with E-state index in [-0.39, 0.29) is 0 Å². The van der Waals surface area contributed by atoms with E-state index in [1.165, 1.54) is 0 Å². The highest BCUT2D eigenvalue weighted by atomic mass is 31.1. The summed E-state index contributed by atoms with van der Waals surface area (Å²) in [6.07, 6.45) is 1.01. The second-order valence-corrected chi connectivity index (χ2v) is 2.09. The molecule has 40 valence electrons. The lowest BCUT2D eigenvalue weighted by Crippen LogP contribution is -1.91. The second-order valence-electron chi connectivity index (χ2n) is 0.952. The maximum atomic E-state index is 9.76. The van der Waals surface area contributed by atoms with Crippen LogP contribution in [0.1, 0.15) is 0 Å². The molecule has 0 aromatic heterocycles. The van der Waals surface area contributed by atoms with Crippen molar-refractivity contribution in [3.8, 4) is 0 Å². The third-order valence-electron chi connectivity index (χ3n) is 0.437. The van der Waals surface area contributed by atoms with Crippen LogP contribution in [0.5, 0.6) is 0 Å². The predicted octanol–water partition coefficient (Wildman–Crippen LogP) is 0.225. The van der Waals surface area contributed by atoms with Crippen LogP contribution >= 0.6 is 8.03 Å². The van der Waals surface area contributed by atoms with Gasteiger partial charge in [0.15, 0.2) is 0 Å². The van der Waals surface area contributed by atoms with E-state index in [0.29, 0.717) is 0 Å². The zero-order chi connectivity index (χ0) is 5.86. The minimum absolute atomic E-state index is 1.01. The molecule has 0 saturated carbocycles. The van der Waals surface area contributed by atoms with E-state index in [0.717, 1.165) is 6.08 Å². The van der Waals surface area contributed by atoms with E-state index in [4.69, 9.17) is 10.00 Å². The van der Waals surface area contributed by atoms with Crippen LogP contribution in [0.25, 0.3) is 0 Å². The first-order valence-corrected chi connectivity index (χ1v) is 2.92. The molecule has 2 atom stereocenters. The summed E-state index contributed by atoms with van der Waals surface area (Å²) in [5.41, 5.74) is 0. The molecule has 2 N–H and O–H groups in total. The van der Waals surface area contributed by atoms with Gasteiger partial charge in [-0.15, -0.1) is 0 Å². The van der Waals surface area contributed by atoms with Gasteiger partial charge in [-0.25, -0.2) is 0 Å².